The number of ketones is 1. The summed E-state index contributed by atoms with van der Waals surface area (Å²) in [6.45, 7) is -0.297. The summed E-state index contributed by atoms with van der Waals surface area (Å²) in [5.74, 6) is -1.18. The minimum absolute atomic E-state index is 0.00362. The molecule has 0 aromatic carbocycles. The standard InChI is InChI=1S/C18H28O9/c19-9-13-17(15(23)16(24)18(25)27-13)26-7-3-1-2-4-11-10(8-14(21)22)5-6-12(11)20/h1-2,10-11,13,15-19,23-25H,3-9H2,(H,21,22)/b2-1-/t10-,11+,13?,15?,16?,17?,18?/m0/s1. The van der Waals surface area contributed by atoms with Crippen LogP contribution in [0.4, 0.5) is 0 Å². The van der Waals surface area contributed by atoms with Gasteiger partial charge < -0.3 is 35.0 Å². The molecule has 2 aliphatic rings. The van der Waals surface area contributed by atoms with Crippen LogP contribution in [0.25, 0.3) is 0 Å². The zero-order chi connectivity index (χ0) is 20.0. The van der Waals surface area contributed by atoms with Crippen molar-refractivity contribution in [2.24, 2.45) is 11.8 Å². The Morgan fingerprint density at radius 2 is 1.96 bits per heavy atom. The Morgan fingerprint density at radius 1 is 1.22 bits per heavy atom. The quantitative estimate of drug-likeness (QED) is 0.252. The van der Waals surface area contributed by atoms with Gasteiger partial charge in [0.05, 0.1) is 13.2 Å². The second kappa shape index (κ2) is 10.3. The second-order valence-electron chi connectivity index (χ2n) is 7.03. The molecule has 7 atom stereocenters. The molecule has 5 unspecified atom stereocenters. The van der Waals surface area contributed by atoms with Crippen molar-refractivity contribution >= 4 is 11.8 Å². The molecule has 2 rings (SSSR count). The summed E-state index contributed by atoms with van der Waals surface area (Å²) >= 11 is 0. The fourth-order valence-corrected chi connectivity index (χ4v) is 3.68. The SMILES string of the molecule is O=C(O)C[C@@H]1CCC(=O)[C@@H]1C/C=C\CCOC1C(CO)OC(O)C(O)C1O. The van der Waals surface area contributed by atoms with Crippen molar-refractivity contribution in [2.75, 3.05) is 13.2 Å². The average molecular weight is 388 g/mol. The first-order chi connectivity index (χ1) is 12.8. The Labute approximate surface area is 157 Å². The number of aliphatic carboxylic acids is 1. The Kier molecular flexibility index (Phi) is 8.33. The van der Waals surface area contributed by atoms with Crippen molar-refractivity contribution in [3.05, 3.63) is 12.2 Å². The lowest BCUT2D eigenvalue weighted by atomic mass is 9.89. The number of Topliss-reactive ketones (excluding diaryl/α,β-unsaturated/α-hetero) is 1. The highest BCUT2D eigenvalue weighted by Crippen LogP contribution is 2.34. The van der Waals surface area contributed by atoms with Crippen LogP contribution in [0.5, 0.6) is 0 Å². The number of carbonyl (C=O) groups excluding carboxylic acids is 1. The van der Waals surface area contributed by atoms with E-state index in [4.69, 9.17) is 14.6 Å². The van der Waals surface area contributed by atoms with E-state index < -0.39 is 43.3 Å². The van der Waals surface area contributed by atoms with Gasteiger partial charge in [0, 0.05) is 18.8 Å². The molecule has 2 fully saturated rings. The number of rotatable bonds is 9. The summed E-state index contributed by atoms with van der Waals surface area (Å²) in [5, 5.41) is 47.2. The van der Waals surface area contributed by atoms with Gasteiger partial charge in [0.1, 0.15) is 30.2 Å². The molecule has 1 heterocycles. The first-order valence-electron chi connectivity index (χ1n) is 9.16. The van der Waals surface area contributed by atoms with Crippen LogP contribution in [0.1, 0.15) is 32.1 Å². The third-order valence-electron chi connectivity index (χ3n) is 5.17. The summed E-state index contributed by atoms with van der Waals surface area (Å²) in [6, 6.07) is 0. The first-order valence-corrected chi connectivity index (χ1v) is 9.16. The topological polar surface area (TPSA) is 154 Å². The fraction of sp³-hybridized carbons (Fsp3) is 0.778. The maximum absolute atomic E-state index is 11.9. The zero-order valence-corrected chi connectivity index (χ0v) is 15.0. The summed E-state index contributed by atoms with van der Waals surface area (Å²) in [4.78, 5) is 22.8. The van der Waals surface area contributed by atoms with Crippen molar-refractivity contribution in [3.8, 4) is 0 Å². The number of allylic oxidation sites excluding steroid dienone is 1. The van der Waals surface area contributed by atoms with Gasteiger partial charge >= 0.3 is 5.97 Å². The van der Waals surface area contributed by atoms with Crippen molar-refractivity contribution in [3.63, 3.8) is 0 Å². The molecular formula is C18H28O9. The summed E-state index contributed by atoms with van der Waals surface area (Å²) in [6.07, 6.45) is -0.798. The molecule has 0 spiro atoms. The van der Waals surface area contributed by atoms with E-state index in [1.54, 1.807) is 6.08 Å². The molecule has 9 nitrogen and oxygen atoms in total. The van der Waals surface area contributed by atoms with Crippen LogP contribution < -0.4 is 0 Å². The molecule has 1 aliphatic carbocycles. The van der Waals surface area contributed by atoms with Crippen LogP contribution in [0.15, 0.2) is 12.2 Å². The summed E-state index contributed by atoms with van der Waals surface area (Å²) in [7, 11) is 0. The van der Waals surface area contributed by atoms with Crippen molar-refractivity contribution in [1.82, 2.24) is 0 Å². The normalized spacial score (nSPS) is 37.2. The van der Waals surface area contributed by atoms with Gasteiger partial charge in [0.2, 0.25) is 0 Å². The maximum Gasteiger partial charge on any atom is 0.303 e. The molecule has 0 aromatic rings. The van der Waals surface area contributed by atoms with Gasteiger partial charge in [0.25, 0.3) is 0 Å². The van der Waals surface area contributed by atoms with Crippen LogP contribution in [-0.4, -0.2) is 81.2 Å². The maximum atomic E-state index is 11.9. The number of carbonyl (C=O) groups is 2. The predicted octanol–water partition coefficient (Wildman–Crippen LogP) is -0.791. The highest BCUT2D eigenvalue weighted by Gasteiger charge is 2.44. The molecule has 154 valence electrons. The monoisotopic (exact) mass is 388 g/mol. The van der Waals surface area contributed by atoms with E-state index in [0.717, 1.165) is 0 Å². The van der Waals surface area contributed by atoms with E-state index in [2.05, 4.69) is 0 Å². The van der Waals surface area contributed by atoms with E-state index in [-0.39, 0.29) is 30.6 Å². The number of ether oxygens (including phenoxy) is 2. The molecular weight excluding hydrogens is 360 g/mol. The number of hydrogen-bond acceptors (Lipinski definition) is 8. The number of carboxylic acids is 1. The summed E-state index contributed by atoms with van der Waals surface area (Å²) in [5.41, 5.74) is 0. The smallest absolute Gasteiger partial charge is 0.303 e. The first kappa shape index (κ1) is 21.9. The molecule has 0 radical (unpaired) electrons. The van der Waals surface area contributed by atoms with E-state index >= 15 is 0 Å². The van der Waals surface area contributed by atoms with Gasteiger partial charge in [-0.3, -0.25) is 9.59 Å². The minimum atomic E-state index is -1.58. The minimum Gasteiger partial charge on any atom is -0.481 e. The van der Waals surface area contributed by atoms with Gasteiger partial charge in [-0.15, -0.1) is 0 Å². The Balaban J connectivity index is 1.75. The lowest BCUT2D eigenvalue weighted by Gasteiger charge is -2.39. The average Bonchev–Trinajstić information content (AvgIpc) is 2.96. The second-order valence-corrected chi connectivity index (χ2v) is 7.03. The molecule has 1 aliphatic heterocycles. The van der Waals surface area contributed by atoms with Crippen LogP contribution in [0, 0.1) is 11.8 Å². The lowest BCUT2D eigenvalue weighted by molar-refractivity contribution is -0.294. The van der Waals surface area contributed by atoms with E-state index in [1.165, 1.54) is 0 Å². The number of carboxylic acid groups (broad SMARTS) is 1. The molecule has 27 heavy (non-hydrogen) atoms. The number of aliphatic hydroxyl groups is 4. The fourth-order valence-electron chi connectivity index (χ4n) is 3.68. The van der Waals surface area contributed by atoms with Crippen LogP contribution >= 0.6 is 0 Å². The van der Waals surface area contributed by atoms with Gasteiger partial charge in [-0.1, -0.05) is 12.2 Å². The summed E-state index contributed by atoms with van der Waals surface area (Å²) < 4.78 is 10.5. The van der Waals surface area contributed by atoms with Gasteiger partial charge in [-0.2, -0.15) is 0 Å². The number of hydrogen-bond donors (Lipinski definition) is 5. The van der Waals surface area contributed by atoms with Gasteiger partial charge in [-0.25, -0.2) is 0 Å². The van der Waals surface area contributed by atoms with Crippen molar-refractivity contribution in [1.29, 1.82) is 0 Å². The van der Waals surface area contributed by atoms with Gasteiger partial charge in [-0.05, 0) is 25.2 Å². The van der Waals surface area contributed by atoms with E-state index in [0.29, 0.717) is 25.7 Å². The van der Waals surface area contributed by atoms with E-state index in [9.17, 15) is 30.0 Å². The molecule has 5 N–H and O–H groups in total. The lowest BCUT2D eigenvalue weighted by Crippen LogP contribution is -2.59. The Bertz CT molecular complexity index is 533. The highest BCUT2D eigenvalue weighted by atomic mass is 16.7. The third kappa shape index (κ3) is 5.81. The van der Waals surface area contributed by atoms with Crippen LogP contribution in [0.3, 0.4) is 0 Å². The third-order valence-corrected chi connectivity index (χ3v) is 5.17. The molecule has 9 heteroatoms. The predicted molar refractivity (Wildman–Crippen MR) is 91.6 cm³/mol. The number of aliphatic hydroxyl groups excluding tert-OH is 4. The highest BCUT2D eigenvalue weighted by molar-refractivity contribution is 5.84. The Morgan fingerprint density at radius 3 is 2.63 bits per heavy atom. The van der Waals surface area contributed by atoms with Crippen LogP contribution in [-0.2, 0) is 19.1 Å². The molecule has 0 aromatic heterocycles. The zero-order valence-electron chi connectivity index (χ0n) is 15.0. The van der Waals surface area contributed by atoms with Crippen LogP contribution in [0.2, 0.25) is 0 Å². The van der Waals surface area contributed by atoms with E-state index in [1.807, 2.05) is 6.08 Å². The molecule has 0 bridgehead atoms. The molecule has 0 amide bonds. The van der Waals surface area contributed by atoms with Crippen molar-refractivity contribution in [2.45, 2.75) is 62.8 Å². The largest absolute Gasteiger partial charge is 0.481 e. The Hall–Kier alpha value is -1.36. The molecule has 1 saturated heterocycles. The molecule has 1 saturated carbocycles. The van der Waals surface area contributed by atoms with Gasteiger partial charge in [0.15, 0.2) is 6.29 Å². The van der Waals surface area contributed by atoms with Crippen molar-refractivity contribution < 1.29 is 44.6 Å².